The van der Waals surface area contributed by atoms with Crippen LogP contribution in [0.4, 0.5) is 5.69 Å². The Morgan fingerprint density at radius 2 is 1.93 bits per heavy atom. The van der Waals surface area contributed by atoms with E-state index in [-0.39, 0.29) is 36.5 Å². The number of nitrogens with zero attached hydrogens (tertiary/aromatic N) is 4. The number of aliphatic imine (C=N–C) groups is 1. The lowest BCUT2D eigenvalue weighted by atomic mass is 10.2. The van der Waals surface area contributed by atoms with Crippen molar-refractivity contribution in [2.45, 2.75) is 6.54 Å². The molecule has 3 aromatic rings. The largest absolute Gasteiger partial charge is 0.497 e. The molecular weight excluding hydrogens is 459 g/mol. The van der Waals surface area contributed by atoms with Crippen LogP contribution in [0.3, 0.4) is 0 Å². The minimum atomic E-state index is 0. The first-order chi connectivity index (χ1) is 12.7. The monoisotopic (exact) mass is 480 g/mol. The predicted octanol–water partition coefficient (Wildman–Crippen LogP) is 2.83. The summed E-state index contributed by atoms with van der Waals surface area (Å²) >= 11 is 0. The zero-order valence-electron chi connectivity index (χ0n) is 15.0. The molecule has 0 unspecified atom stereocenters. The topological polar surface area (TPSA) is 99.6 Å². The lowest BCUT2D eigenvalue weighted by Gasteiger charge is -2.12. The SMILES string of the molecule is COc1ccc(OC)c(NC(N)=NCc2nncn2-c2ccccc2)c1.I. The minimum absolute atomic E-state index is 0. The van der Waals surface area contributed by atoms with Gasteiger partial charge in [0, 0.05) is 11.8 Å². The fraction of sp³-hybridized carbons (Fsp3) is 0.167. The quantitative estimate of drug-likeness (QED) is 0.320. The third-order valence-electron chi connectivity index (χ3n) is 3.71. The van der Waals surface area contributed by atoms with E-state index in [2.05, 4.69) is 20.5 Å². The van der Waals surface area contributed by atoms with Crippen LogP contribution in [0.2, 0.25) is 0 Å². The van der Waals surface area contributed by atoms with Gasteiger partial charge in [0.1, 0.15) is 24.4 Å². The molecule has 0 amide bonds. The lowest BCUT2D eigenvalue weighted by molar-refractivity contribution is 0.405. The number of anilines is 1. The molecule has 0 bridgehead atoms. The highest BCUT2D eigenvalue weighted by atomic mass is 127. The number of ether oxygens (including phenoxy) is 2. The van der Waals surface area contributed by atoms with Gasteiger partial charge in [0.05, 0.1) is 19.9 Å². The number of benzene rings is 2. The van der Waals surface area contributed by atoms with Crippen molar-refractivity contribution in [1.82, 2.24) is 14.8 Å². The zero-order chi connectivity index (χ0) is 18.4. The fourth-order valence-corrected chi connectivity index (χ4v) is 2.42. The Kier molecular flexibility index (Phi) is 7.41. The van der Waals surface area contributed by atoms with Gasteiger partial charge < -0.3 is 20.5 Å². The molecule has 8 nitrogen and oxygen atoms in total. The number of guanidine groups is 1. The molecule has 1 heterocycles. The smallest absolute Gasteiger partial charge is 0.193 e. The summed E-state index contributed by atoms with van der Waals surface area (Å²) in [5.41, 5.74) is 7.64. The molecular formula is C18H21IN6O2. The van der Waals surface area contributed by atoms with Crippen molar-refractivity contribution in [3.63, 3.8) is 0 Å². The second kappa shape index (κ2) is 9.76. The average Bonchev–Trinajstić information content (AvgIpc) is 3.15. The Bertz CT molecular complexity index is 898. The van der Waals surface area contributed by atoms with E-state index in [1.54, 1.807) is 38.7 Å². The van der Waals surface area contributed by atoms with E-state index in [4.69, 9.17) is 15.2 Å². The first-order valence-corrected chi connectivity index (χ1v) is 7.94. The van der Waals surface area contributed by atoms with E-state index < -0.39 is 0 Å². The van der Waals surface area contributed by atoms with Crippen LogP contribution >= 0.6 is 24.0 Å². The maximum atomic E-state index is 6.01. The number of para-hydroxylation sites is 1. The second-order valence-electron chi connectivity index (χ2n) is 5.35. The number of nitrogens with one attached hydrogen (secondary N) is 1. The van der Waals surface area contributed by atoms with Crippen molar-refractivity contribution in [1.29, 1.82) is 0 Å². The third-order valence-corrected chi connectivity index (χ3v) is 3.71. The van der Waals surface area contributed by atoms with Gasteiger partial charge in [-0.3, -0.25) is 4.57 Å². The Morgan fingerprint density at radius 1 is 1.15 bits per heavy atom. The minimum Gasteiger partial charge on any atom is -0.497 e. The highest BCUT2D eigenvalue weighted by Crippen LogP contribution is 2.28. The molecule has 3 rings (SSSR count). The van der Waals surface area contributed by atoms with Crippen LogP contribution in [0.1, 0.15) is 5.82 Å². The third kappa shape index (κ3) is 5.09. The summed E-state index contributed by atoms with van der Waals surface area (Å²) in [6.07, 6.45) is 1.65. The summed E-state index contributed by atoms with van der Waals surface area (Å²) < 4.78 is 12.4. The normalized spacial score (nSPS) is 10.8. The summed E-state index contributed by atoms with van der Waals surface area (Å²) in [4.78, 5) is 4.34. The highest BCUT2D eigenvalue weighted by Gasteiger charge is 2.08. The molecule has 1 aromatic heterocycles. The highest BCUT2D eigenvalue weighted by molar-refractivity contribution is 14.0. The van der Waals surface area contributed by atoms with Crippen molar-refractivity contribution in [3.05, 3.63) is 60.7 Å². The molecule has 0 spiro atoms. The Morgan fingerprint density at radius 3 is 2.63 bits per heavy atom. The molecule has 0 radical (unpaired) electrons. The predicted molar refractivity (Wildman–Crippen MR) is 115 cm³/mol. The van der Waals surface area contributed by atoms with Crippen molar-refractivity contribution < 1.29 is 9.47 Å². The number of hydrogen-bond donors (Lipinski definition) is 2. The Hall–Kier alpha value is -2.82. The van der Waals surface area contributed by atoms with Gasteiger partial charge in [0.25, 0.3) is 0 Å². The summed E-state index contributed by atoms with van der Waals surface area (Å²) in [7, 11) is 3.18. The molecule has 0 fully saturated rings. The summed E-state index contributed by atoms with van der Waals surface area (Å²) in [6.45, 7) is 0.278. The van der Waals surface area contributed by atoms with Crippen LogP contribution in [0.25, 0.3) is 5.69 Å². The van der Waals surface area contributed by atoms with Gasteiger partial charge in [0.2, 0.25) is 0 Å². The molecule has 9 heteroatoms. The number of nitrogens with two attached hydrogens (primary N) is 1. The van der Waals surface area contributed by atoms with E-state index in [1.165, 1.54) is 0 Å². The van der Waals surface area contributed by atoms with Crippen molar-refractivity contribution in [3.8, 4) is 17.2 Å². The van der Waals surface area contributed by atoms with Gasteiger partial charge in [-0.1, -0.05) is 18.2 Å². The first kappa shape index (κ1) is 20.5. The van der Waals surface area contributed by atoms with Gasteiger partial charge in [0.15, 0.2) is 11.8 Å². The van der Waals surface area contributed by atoms with Gasteiger partial charge in [-0.2, -0.15) is 0 Å². The van der Waals surface area contributed by atoms with Crippen LogP contribution in [0, 0.1) is 0 Å². The lowest BCUT2D eigenvalue weighted by Crippen LogP contribution is -2.23. The maximum Gasteiger partial charge on any atom is 0.193 e. The Labute approximate surface area is 174 Å². The summed E-state index contributed by atoms with van der Waals surface area (Å²) in [6, 6.07) is 15.2. The maximum absolute atomic E-state index is 6.01. The number of halogens is 1. The molecule has 0 aliphatic carbocycles. The number of hydrogen-bond acceptors (Lipinski definition) is 5. The second-order valence-corrected chi connectivity index (χ2v) is 5.35. The number of rotatable bonds is 6. The van der Waals surface area contributed by atoms with Crippen molar-refractivity contribution >= 4 is 35.6 Å². The number of methoxy groups -OCH3 is 2. The first-order valence-electron chi connectivity index (χ1n) is 7.94. The molecule has 0 aliphatic rings. The molecule has 0 aliphatic heterocycles. The van der Waals surface area contributed by atoms with Gasteiger partial charge >= 0.3 is 0 Å². The van der Waals surface area contributed by atoms with E-state index in [1.807, 2.05) is 34.9 Å². The molecule has 3 N–H and O–H groups in total. The van der Waals surface area contributed by atoms with Crippen LogP contribution in [-0.4, -0.2) is 34.9 Å². The summed E-state index contributed by atoms with van der Waals surface area (Å²) in [5, 5.41) is 11.1. The van der Waals surface area contributed by atoms with Crippen LogP contribution in [-0.2, 0) is 6.54 Å². The molecule has 0 saturated carbocycles. The molecule has 142 valence electrons. The van der Waals surface area contributed by atoms with Gasteiger partial charge in [-0.05, 0) is 24.3 Å². The summed E-state index contributed by atoms with van der Waals surface area (Å²) in [5.74, 6) is 2.24. The Balaban J connectivity index is 0.00000261. The van der Waals surface area contributed by atoms with Gasteiger partial charge in [-0.25, -0.2) is 4.99 Å². The van der Waals surface area contributed by atoms with Crippen LogP contribution in [0.15, 0.2) is 59.9 Å². The van der Waals surface area contributed by atoms with Crippen LogP contribution in [0.5, 0.6) is 11.5 Å². The van der Waals surface area contributed by atoms with E-state index >= 15 is 0 Å². The van der Waals surface area contributed by atoms with Crippen LogP contribution < -0.4 is 20.5 Å². The van der Waals surface area contributed by atoms with Crippen molar-refractivity contribution in [2.75, 3.05) is 19.5 Å². The molecule has 27 heavy (non-hydrogen) atoms. The molecule has 0 saturated heterocycles. The van der Waals surface area contributed by atoms with E-state index in [0.717, 1.165) is 5.69 Å². The van der Waals surface area contributed by atoms with E-state index in [0.29, 0.717) is 23.0 Å². The average molecular weight is 480 g/mol. The molecule has 0 atom stereocenters. The van der Waals surface area contributed by atoms with E-state index in [9.17, 15) is 0 Å². The van der Waals surface area contributed by atoms with Crippen molar-refractivity contribution in [2.24, 2.45) is 10.7 Å². The number of aromatic nitrogens is 3. The standard InChI is InChI=1S/C18H20N6O2.HI/c1-25-14-8-9-16(26-2)15(10-14)22-18(19)20-11-17-23-21-12-24(17)13-6-4-3-5-7-13;/h3-10,12H,11H2,1-2H3,(H3,19,20,22);1H. The van der Waals surface area contributed by atoms with Gasteiger partial charge in [-0.15, -0.1) is 34.2 Å². The molecule has 2 aromatic carbocycles. The zero-order valence-corrected chi connectivity index (χ0v) is 17.3. The fourth-order valence-electron chi connectivity index (χ4n) is 2.42.